The molecule has 0 spiro atoms. The van der Waals surface area contributed by atoms with E-state index in [2.05, 4.69) is 35.5 Å². The Hall–Kier alpha value is -3.56. The number of nitrogens with one attached hydrogen (secondary N) is 1. The van der Waals surface area contributed by atoms with Crippen LogP contribution in [0, 0.1) is 6.92 Å². The highest BCUT2D eigenvalue weighted by molar-refractivity contribution is 7.10. The van der Waals surface area contributed by atoms with Gasteiger partial charge in [-0.15, -0.1) is 11.3 Å². The molecule has 1 fully saturated rings. The fourth-order valence-corrected chi connectivity index (χ4v) is 6.11. The molecule has 1 aromatic heterocycles. The fraction of sp³-hybridized carbons (Fsp3) is 0.455. The SMILES string of the molecule is CCc1cccc(NC(=O)N(CCN2CCCC2)CC(=O)N(CCc2ccc(OC)c(OC)c2)Cc2sccc2C)c1. The first-order chi connectivity index (χ1) is 20.4. The highest BCUT2D eigenvalue weighted by atomic mass is 32.1. The molecule has 2 heterocycles. The van der Waals surface area contributed by atoms with Gasteiger partial charge >= 0.3 is 6.03 Å². The Kier molecular flexibility index (Phi) is 11.7. The van der Waals surface area contributed by atoms with Crippen LogP contribution in [0.4, 0.5) is 10.5 Å². The predicted octanol–water partition coefficient (Wildman–Crippen LogP) is 5.84. The Morgan fingerprint density at radius 3 is 2.43 bits per heavy atom. The zero-order valence-corrected chi connectivity index (χ0v) is 26.2. The van der Waals surface area contributed by atoms with Crippen LogP contribution in [0.3, 0.4) is 0 Å². The third-order valence-corrected chi connectivity index (χ3v) is 8.87. The highest BCUT2D eigenvalue weighted by Gasteiger charge is 2.24. The minimum atomic E-state index is -0.247. The number of likely N-dealkylation sites (tertiary alicyclic amines) is 1. The molecule has 1 aliphatic heterocycles. The molecule has 0 bridgehead atoms. The van der Waals surface area contributed by atoms with Crippen molar-refractivity contribution in [2.75, 3.05) is 58.8 Å². The summed E-state index contributed by atoms with van der Waals surface area (Å²) in [6, 6.07) is 15.6. The molecule has 42 heavy (non-hydrogen) atoms. The van der Waals surface area contributed by atoms with Crippen molar-refractivity contribution in [3.05, 3.63) is 75.5 Å². The van der Waals surface area contributed by atoms with Gasteiger partial charge < -0.3 is 29.5 Å². The smallest absolute Gasteiger partial charge is 0.322 e. The Bertz CT molecular complexity index is 1320. The van der Waals surface area contributed by atoms with E-state index in [4.69, 9.17) is 9.47 Å². The lowest BCUT2D eigenvalue weighted by Crippen LogP contribution is -2.47. The van der Waals surface area contributed by atoms with Gasteiger partial charge in [0.05, 0.1) is 20.8 Å². The second kappa shape index (κ2) is 15.6. The average molecular weight is 593 g/mol. The molecule has 0 radical (unpaired) electrons. The van der Waals surface area contributed by atoms with Crippen molar-refractivity contribution in [3.63, 3.8) is 0 Å². The van der Waals surface area contributed by atoms with E-state index < -0.39 is 0 Å². The maximum Gasteiger partial charge on any atom is 0.322 e. The summed E-state index contributed by atoms with van der Waals surface area (Å²) in [5.41, 5.74) is 4.12. The highest BCUT2D eigenvalue weighted by Crippen LogP contribution is 2.28. The van der Waals surface area contributed by atoms with Crippen molar-refractivity contribution in [2.24, 2.45) is 0 Å². The molecule has 0 aliphatic carbocycles. The van der Waals surface area contributed by atoms with Crippen molar-refractivity contribution in [2.45, 2.75) is 46.1 Å². The molecule has 3 amide bonds. The molecule has 0 atom stereocenters. The van der Waals surface area contributed by atoms with Crippen molar-refractivity contribution >= 4 is 29.0 Å². The number of anilines is 1. The molecule has 1 aliphatic rings. The number of hydrogen-bond acceptors (Lipinski definition) is 6. The zero-order chi connectivity index (χ0) is 29.9. The third kappa shape index (κ3) is 8.72. The van der Waals surface area contributed by atoms with Gasteiger partial charge in [-0.05, 0) is 98.1 Å². The largest absolute Gasteiger partial charge is 0.493 e. The number of rotatable bonds is 14. The van der Waals surface area contributed by atoms with Crippen LogP contribution in [0.1, 0.15) is 41.3 Å². The summed E-state index contributed by atoms with van der Waals surface area (Å²) in [5.74, 6) is 1.27. The quantitative estimate of drug-likeness (QED) is 0.255. The van der Waals surface area contributed by atoms with Crippen LogP contribution in [0.15, 0.2) is 53.9 Å². The first-order valence-electron chi connectivity index (χ1n) is 14.8. The van der Waals surface area contributed by atoms with E-state index in [1.165, 1.54) is 18.4 Å². The van der Waals surface area contributed by atoms with Crippen molar-refractivity contribution in [1.29, 1.82) is 0 Å². The Morgan fingerprint density at radius 2 is 1.74 bits per heavy atom. The predicted molar refractivity (Wildman–Crippen MR) is 170 cm³/mol. The summed E-state index contributed by atoms with van der Waals surface area (Å²) in [7, 11) is 3.24. The molecule has 3 aromatic rings. The van der Waals surface area contributed by atoms with Crippen LogP contribution >= 0.6 is 11.3 Å². The van der Waals surface area contributed by atoms with Crippen molar-refractivity contribution < 1.29 is 19.1 Å². The van der Waals surface area contributed by atoms with E-state index in [9.17, 15) is 9.59 Å². The summed E-state index contributed by atoms with van der Waals surface area (Å²) in [5, 5.41) is 5.10. The van der Waals surface area contributed by atoms with Gasteiger partial charge in [0.25, 0.3) is 0 Å². The molecular weight excluding hydrogens is 548 g/mol. The maximum absolute atomic E-state index is 13.9. The number of hydrogen-bond donors (Lipinski definition) is 1. The van der Waals surface area contributed by atoms with Gasteiger partial charge in [-0.3, -0.25) is 4.79 Å². The number of carbonyl (C=O) groups is 2. The van der Waals surface area contributed by atoms with E-state index in [0.29, 0.717) is 37.6 Å². The lowest BCUT2D eigenvalue weighted by atomic mass is 10.1. The average Bonchev–Trinajstić information content (AvgIpc) is 3.68. The third-order valence-electron chi connectivity index (χ3n) is 7.86. The van der Waals surface area contributed by atoms with Gasteiger partial charge in [0.15, 0.2) is 11.5 Å². The van der Waals surface area contributed by atoms with Crippen molar-refractivity contribution in [3.8, 4) is 11.5 Å². The molecule has 2 aromatic carbocycles. The maximum atomic E-state index is 13.9. The van der Waals surface area contributed by atoms with Crippen molar-refractivity contribution in [1.82, 2.24) is 14.7 Å². The van der Waals surface area contributed by atoms with Crippen LogP contribution in [0.2, 0.25) is 0 Å². The Labute approximate surface area is 254 Å². The van der Waals surface area contributed by atoms with Gasteiger partial charge in [-0.2, -0.15) is 0 Å². The first kappa shape index (κ1) is 31.4. The summed E-state index contributed by atoms with van der Waals surface area (Å²) >= 11 is 1.66. The number of aryl methyl sites for hydroxylation is 2. The summed E-state index contributed by atoms with van der Waals surface area (Å²) in [4.78, 5) is 34.6. The molecule has 8 nitrogen and oxygen atoms in total. The number of ether oxygens (including phenoxy) is 2. The molecule has 226 valence electrons. The number of benzene rings is 2. The van der Waals surface area contributed by atoms with Gasteiger partial charge in [0.1, 0.15) is 6.54 Å². The molecule has 0 saturated carbocycles. The minimum absolute atomic E-state index is 0.0174. The van der Waals surface area contributed by atoms with E-state index in [0.717, 1.165) is 47.7 Å². The van der Waals surface area contributed by atoms with Gasteiger partial charge in [-0.25, -0.2) is 4.79 Å². The van der Waals surface area contributed by atoms with Crippen LogP contribution in [0.5, 0.6) is 11.5 Å². The van der Waals surface area contributed by atoms with Crippen LogP contribution < -0.4 is 14.8 Å². The van der Waals surface area contributed by atoms with Crippen LogP contribution in [-0.4, -0.2) is 80.1 Å². The van der Waals surface area contributed by atoms with E-state index in [-0.39, 0.29) is 18.5 Å². The molecule has 0 unspecified atom stereocenters. The number of methoxy groups -OCH3 is 2. The summed E-state index contributed by atoms with van der Waals surface area (Å²) in [6.07, 6.45) is 3.90. The van der Waals surface area contributed by atoms with E-state index in [1.54, 1.807) is 30.5 Å². The first-order valence-corrected chi connectivity index (χ1v) is 15.7. The Morgan fingerprint density at radius 1 is 0.952 bits per heavy atom. The van der Waals surface area contributed by atoms with Gasteiger partial charge in [-0.1, -0.05) is 25.1 Å². The molecule has 4 rings (SSSR count). The monoisotopic (exact) mass is 592 g/mol. The number of urea groups is 1. The number of nitrogens with zero attached hydrogens (tertiary/aromatic N) is 3. The Balaban J connectivity index is 1.50. The van der Waals surface area contributed by atoms with Gasteiger partial charge in [0, 0.05) is 30.2 Å². The number of carbonyl (C=O) groups excluding carboxylic acids is 2. The summed E-state index contributed by atoms with van der Waals surface area (Å²) < 4.78 is 10.9. The van der Waals surface area contributed by atoms with Crippen LogP contribution in [0.25, 0.3) is 0 Å². The second-order valence-electron chi connectivity index (χ2n) is 10.7. The fourth-order valence-electron chi connectivity index (χ4n) is 5.19. The minimum Gasteiger partial charge on any atom is -0.493 e. The van der Waals surface area contributed by atoms with Crippen LogP contribution in [-0.2, 0) is 24.2 Å². The number of amides is 3. The lowest BCUT2D eigenvalue weighted by molar-refractivity contribution is -0.132. The normalized spacial score (nSPS) is 13.1. The van der Waals surface area contributed by atoms with E-state index in [1.807, 2.05) is 47.4 Å². The standard InChI is InChI=1S/C33H44N4O4S/c1-5-26-9-8-10-28(21-26)34-33(39)37(19-18-35-15-6-7-16-35)24-32(38)36(23-31-25(2)14-20-42-31)17-13-27-11-12-29(40-3)30(22-27)41-4/h8-12,14,20-22H,5-7,13,15-19,23-24H2,1-4H3,(H,34,39). The van der Waals surface area contributed by atoms with E-state index >= 15 is 0 Å². The molecular formula is C33H44N4O4S. The number of thiophene rings is 1. The molecule has 1 saturated heterocycles. The molecule has 9 heteroatoms. The molecule has 1 N–H and O–H groups in total. The zero-order valence-electron chi connectivity index (χ0n) is 25.4. The lowest BCUT2D eigenvalue weighted by Gasteiger charge is -2.29. The van der Waals surface area contributed by atoms with Gasteiger partial charge in [0.2, 0.25) is 5.91 Å². The summed E-state index contributed by atoms with van der Waals surface area (Å²) in [6.45, 7) is 8.54. The second-order valence-corrected chi connectivity index (χ2v) is 11.7. The topological polar surface area (TPSA) is 74.4 Å².